The second kappa shape index (κ2) is 5.78. The molecule has 0 radical (unpaired) electrons. The first-order chi connectivity index (χ1) is 8.56. The first kappa shape index (κ1) is 13.5. The van der Waals surface area contributed by atoms with Crippen molar-refractivity contribution in [1.82, 2.24) is 10.3 Å². The Hall–Kier alpha value is -0.970. The first-order valence-corrected chi connectivity index (χ1v) is 6.85. The summed E-state index contributed by atoms with van der Waals surface area (Å²) in [7, 11) is 0. The Morgan fingerprint density at radius 1 is 1.50 bits per heavy atom. The van der Waals surface area contributed by atoms with Gasteiger partial charge in [-0.25, -0.2) is 9.37 Å². The summed E-state index contributed by atoms with van der Waals surface area (Å²) in [6.07, 6.45) is 1.87. The normalized spacial score (nSPS) is 12.7. The topological polar surface area (TPSA) is 24.9 Å². The van der Waals surface area contributed by atoms with Gasteiger partial charge >= 0.3 is 0 Å². The quantitative estimate of drug-likeness (QED) is 0.914. The number of aryl methyl sites for hydroxylation is 1. The van der Waals surface area contributed by atoms with Crippen LogP contribution in [-0.4, -0.2) is 4.98 Å². The Balaban J connectivity index is 1.97. The van der Waals surface area contributed by atoms with Gasteiger partial charge in [0.2, 0.25) is 0 Å². The summed E-state index contributed by atoms with van der Waals surface area (Å²) in [6, 6.07) is 4.93. The molecule has 1 heterocycles. The third kappa shape index (κ3) is 3.28. The summed E-state index contributed by atoms with van der Waals surface area (Å²) in [5.41, 5.74) is 0.960. The third-order valence-electron chi connectivity index (χ3n) is 2.61. The van der Waals surface area contributed by atoms with E-state index in [4.69, 9.17) is 11.6 Å². The third-order valence-corrected chi connectivity index (χ3v) is 3.99. The van der Waals surface area contributed by atoms with Crippen LogP contribution in [0.15, 0.2) is 24.4 Å². The van der Waals surface area contributed by atoms with Crippen molar-refractivity contribution in [2.24, 2.45) is 0 Å². The fraction of sp³-hybridized carbons (Fsp3) is 0.308. The van der Waals surface area contributed by atoms with Gasteiger partial charge in [0.15, 0.2) is 0 Å². The number of nitrogens with zero attached hydrogens (tertiary/aromatic N) is 1. The average molecular weight is 285 g/mol. The van der Waals surface area contributed by atoms with Gasteiger partial charge in [-0.15, -0.1) is 11.3 Å². The number of aromatic nitrogens is 1. The number of benzene rings is 1. The van der Waals surface area contributed by atoms with E-state index in [-0.39, 0.29) is 16.9 Å². The van der Waals surface area contributed by atoms with Crippen molar-refractivity contribution in [3.8, 4) is 0 Å². The van der Waals surface area contributed by atoms with E-state index in [1.807, 2.05) is 13.1 Å². The van der Waals surface area contributed by atoms with Gasteiger partial charge in [0, 0.05) is 17.6 Å². The summed E-state index contributed by atoms with van der Waals surface area (Å²) >= 11 is 7.41. The Kier molecular flexibility index (Phi) is 4.32. The Morgan fingerprint density at radius 2 is 2.28 bits per heavy atom. The van der Waals surface area contributed by atoms with Gasteiger partial charge in [-0.2, -0.15) is 0 Å². The summed E-state index contributed by atoms with van der Waals surface area (Å²) in [4.78, 5) is 5.53. The maximum Gasteiger partial charge on any atom is 0.141 e. The van der Waals surface area contributed by atoms with E-state index in [0.29, 0.717) is 6.54 Å². The Morgan fingerprint density at radius 3 is 2.89 bits per heavy atom. The van der Waals surface area contributed by atoms with E-state index in [2.05, 4.69) is 17.2 Å². The number of hydrogen-bond donors (Lipinski definition) is 1. The van der Waals surface area contributed by atoms with Gasteiger partial charge in [-0.05, 0) is 31.5 Å². The summed E-state index contributed by atoms with van der Waals surface area (Å²) in [5.74, 6) is -0.385. The highest BCUT2D eigenvalue weighted by Crippen LogP contribution is 2.20. The van der Waals surface area contributed by atoms with Crippen LogP contribution in [0.1, 0.15) is 28.4 Å². The lowest BCUT2D eigenvalue weighted by Crippen LogP contribution is -2.17. The molecule has 0 saturated heterocycles. The highest BCUT2D eigenvalue weighted by molar-refractivity contribution is 7.11. The molecule has 0 saturated carbocycles. The molecular weight excluding hydrogens is 271 g/mol. The Bertz CT molecular complexity index is 542. The van der Waals surface area contributed by atoms with Crippen LogP contribution in [0.2, 0.25) is 5.02 Å². The average Bonchev–Trinajstić information content (AvgIpc) is 2.77. The van der Waals surface area contributed by atoms with Crippen molar-refractivity contribution in [2.45, 2.75) is 26.4 Å². The number of nitrogens with one attached hydrogen (secondary N) is 1. The van der Waals surface area contributed by atoms with Crippen LogP contribution in [0.4, 0.5) is 4.39 Å². The molecule has 2 aromatic rings. The van der Waals surface area contributed by atoms with Gasteiger partial charge in [0.1, 0.15) is 10.8 Å². The molecule has 2 rings (SSSR count). The monoisotopic (exact) mass is 284 g/mol. The first-order valence-electron chi connectivity index (χ1n) is 5.66. The zero-order valence-corrected chi connectivity index (χ0v) is 11.8. The molecule has 1 aromatic heterocycles. The van der Waals surface area contributed by atoms with Crippen LogP contribution >= 0.6 is 22.9 Å². The zero-order valence-electron chi connectivity index (χ0n) is 10.2. The molecular formula is C13H14ClFN2S. The molecule has 0 aliphatic heterocycles. The second-order valence-corrected chi connectivity index (χ2v) is 5.83. The molecule has 1 N–H and O–H groups in total. The van der Waals surface area contributed by atoms with Gasteiger partial charge in [-0.1, -0.05) is 17.7 Å². The van der Waals surface area contributed by atoms with E-state index < -0.39 is 0 Å². The standard InChI is InChI=1S/C13H14ClFN2S/c1-8-6-17-13(18-8)9(2)16-7-10-3-4-12(15)11(14)5-10/h3-6,9,16H,7H2,1-2H3. The molecule has 0 spiro atoms. The lowest BCUT2D eigenvalue weighted by molar-refractivity contribution is 0.570. The summed E-state index contributed by atoms with van der Waals surface area (Å²) in [6.45, 7) is 4.73. The largest absolute Gasteiger partial charge is 0.304 e. The van der Waals surface area contributed by atoms with Crippen molar-refractivity contribution in [3.63, 3.8) is 0 Å². The van der Waals surface area contributed by atoms with Crippen molar-refractivity contribution in [1.29, 1.82) is 0 Å². The van der Waals surface area contributed by atoms with E-state index >= 15 is 0 Å². The molecule has 2 nitrogen and oxygen atoms in total. The number of rotatable bonds is 4. The fourth-order valence-corrected chi connectivity index (χ4v) is 2.58. The zero-order chi connectivity index (χ0) is 13.1. The van der Waals surface area contributed by atoms with E-state index in [1.165, 1.54) is 10.9 Å². The minimum atomic E-state index is -0.385. The molecule has 0 amide bonds. The number of halogens is 2. The minimum Gasteiger partial charge on any atom is -0.304 e. The van der Waals surface area contributed by atoms with E-state index in [9.17, 15) is 4.39 Å². The van der Waals surface area contributed by atoms with Crippen LogP contribution in [-0.2, 0) is 6.54 Å². The molecule has 96 valence electrons. The van der Waals surface area contributed by atoms with Crippen LogP contribution in [0.5, 0.6) is 0 Å². The number of hydrogen-bond acceptors (Lipinski definition) is 3. The van der Waals surface area contributed by atoms with Crippen LogP contribution < -0.4 is 5.32 Å². The molecule has 18 heavy (non-hydrogen) atoms. The SMILES string of the molecule is Cc1cnc(C(C)NCc2ccc(F)c(Cl)c2)s1. The lowest BCUT2D eigenvalue weighted by Gasteiger charge is -2.11. The van der Waals surface area contributed by atoms with Gasteiger partial charge in [0.25, 0.3) is 0 Å². The van der Waals surface area contributed by atoms with E-state index in [0.717, 1.165) is 10.6 Å². The van der Waals surface area contributed by atoms with Gasteiger partial charge < -0.3 is 5.32 Å². The van der Waals surface area contributed by atoms with Crippen molar-refractivity contribution < 1.29 is 4.39 Å². The molecule has 0 fully saturated rings. The molecule has 0 aliphatic rings. The summed E-state index contributed by atoms with van der Waals surface area (Å²) < 4.78 is 13.0. The fourth-order valence-electron chi connectivity index (χ4n) is 1.58. The molecule has 1 atom stereocenters. The maximum absolute atomic E-state index is 13.0. The molecule has 1 aromatic carbocycles. The van der Waals surface area contributed by atoms with Gasteiger partial charge in [-0.3, -0.25) is 0 Å². The van der Waals surface area contributed by atoms with Crippen molar-refractivity contribution in [2.75, 3.05) is 0 Å². The predicted molar refractivity (Wildman–Crippen MR) is 73.5 cm³/mol. The van der Waals surface area contributed by atoms with Gasteiger partial charge in [0.05, 0.1) is 11.1 Å². The molecule has 5 heteroatoms. The molecule has 1 unspecified atom stereocenters. The maximum atomic E-state index is 13.0. The highest BCUT2D eigenvalue weighted by Gasteiger charge is 2.09. The Labute approximate surface area is 115 Å². The van der Waals surface area contributed by atoms with Crippen molar-refractivity contribution >= 4 is 22.9 Å². The van der Waals surface area contributed by atoms with Crippen molar-refractivity contribution in [3.05, 3.63) is 50.7 Å². The van der Waals surface area contributed by atoms with E-state index in [1.54, 1.807) is 23.5 Å². The van der Waals surface area contributed by atoms with Crippen LogP contribution in [0, 0.1) is 12.7 Å². The predicted octanol–water partition coefficient (Wildman–Crippen LogP) is 4.09. The second-order valence-electron chi connectivity index (χ2n) is 4.16. The molecule has 0 aliphatic carbocycles. The van der Waals surface area contributed by atoms with Crippen LogP contribution in [0.25, 0.3) is 0 Å². The smallest absolute Gasteiger partial charge is 0.141 e. The minimum absolute atomic E-state index is 0.159. The number of thiazole rings is 1. The van der Waals surface area contributed by atoms with Crippen LogP contribution in [0.3, 0.4) is 0 Å². The molecule has 0 bridgehead atoms. The highest BCUT2D eigenvalue weighted by atomic mass is 35.5. The summed E-state index contributed by atoms with van der Waals surface area (Å²) in [5, 5.41) is 4.56. The lowest BCUT2D eigenvalue weighted by atomic mass is 10.2.